The fraction of sp³-hybridized carbons (Fsp3) is 0.643. The number of hydrogen-bond donors (Lipinski definition) is 4. The summed E-state index contributed by atoms with van der Waals surface area (Å²) in [6, 6.07) is -0.737. The minimum Gasteiger partial charge on any atom is -0.445 e. The first-order valence-corrected chi connectivity index (χ1v) is 7.46. The van der Waals surface area contributed by atoms with Crippen LogP contribution >= 0.6 is 0 Å². The molecule has 0 aromatic heterocycles. The van der Waals surface area contributed by atoms with Gasteiger partial charge >= 0.3 is 6.09 Å². The highest BCUT2D eigenvalue weighted by Gasteiger charge is 2.21. The molecule has 1 rings (SSSR count). The number of carbonyl (C=O) groups is 3. The minimum absolute atomic E-state index is 0.118. The van der Waals surface area contributed by atoms with Gasteiger partial charge in [0.05, 0.1) is 6.54 Å². The van der Waals surface area contributed by atoms with Crippen molar-refractivity contribution in [1.82, 2.24) is 16.0 Å². The molecule has 1 unspecified atom stereocenters. The number of carbonyl (C=O) groups excluding carboxylic acids is 3. The van der Waals surface area contributed by atoms with Crippen molar-refractivity contribution in [2.24, 2.45) is 5.73 Å². The summed E-state index contributed by atoms with van der Waals surface area (Å²) in [6.07, 6.45) is 5.38. The van der Waals surface area contributed by atoms with Crippen LogP contribution in [0.3, 0.4) is 0 Å². The summed E-state index contributed by atoms with van der Waals surface area (Å²) in [5.41, 5.74) is 5.42. The van der Waals surface area contributed by atoms with Crippen molar-refractivity contribution in [3.8, 4) is 0 Å². The Bertz CT molecular complexity index is 412. The molecule has 0 aromatic carbocycles. The van der Waals surface area contributed by atoms with Crippen molar-refractivity contribution in [2.75, 3.05) is 26.2 Å². The zero-order chi connectivity index (χ0) is 16.2. The largest absolute Gasteiger partial charge is 0.445 e. The van der Waals surface area contributed by atoms with Crippen molar-refractivity contribution in [3.05, 3.63) is 12.2 Å². The summed E-state index contributed by atoms with van der Waals surface area (Å²) in [5, 5.41) is 7.71. The number of hydrogen-bond acceptors (Lipinski definition) is 5. The molecule has 0 radical (unpaired) electrons. The predicted molar refractivity (Wildman–Crippen MR) is 81.0 cm³/mol. The Morgan fingerprint density at radius 2 is 2.00 bits per heavy atom. The summed E-state index contributed by atoms with van der Waals surface area (Å²) >= 11 is 0. The van der Waals surface area contributed by atoms with Gasteiger partial charge < -0.3 is 26.4 Å². The van der Waals surface area contributed by atoms with E-state index in [0.717, 1.165) is 6.42 Å². The lowest BCUT2D eigenvalue weighted by molar-refractivity contribution is -0.127. The summed E-state index contributed by atoms with van der Waals surface area (Å²) in [7, 11) is 0. The third kappa shape index (κ3) is 7.63. The Kier molecular flexibility index (Phi) is 8.66. The van der Waals surface area contributed by atoms with Crippen molar-refractivity contribution >= 4 is 17.9 Å². The second-order valence-electron chi connectivity index (χ2n) is 4.91. The topological polar surface area (TPSA) is 123 Å². The van der Waals surface area contributed by atoms with Crippen molar-refractivity contribution < 1.29 is 19.1 Å². The Balaban J connectivity index is 2.63. The number of amides is 3. The Morgan fingerprint density at radius 1 is 1.18 bits per heavy atom. The average Bonchev–Trinajstić information content (AvgIpc) is 2.50. The van der Waals surface area contributed by atoms with Crippen LogP contribution in [0.25, 0.3) is 0 Å². The van der Waals surface area contributed by atoms with E-state index in [1.807, 2.05) is 6.08 Å². The van der Waals surface area contributed by atoms with E-state index in [1.165, 1.54) is 0 Å². The lowest BCUT2D eigenvalue weighted by Gasteiger charge is -2.18. The van der Waals surface area contributed by atoms with E-state index in [1.54, 1.807) is 6.08 Å². The molecule has 0 spiro atoms. The molecule has 0 aliphatic carbocycles. The first kappa shape index (κ1) is 18.0. The van der Waals surface area contributed by atoms with E-state index in [4.69, 9.17) is 10.5 Å². The van der Waals surface area contributed by atoms with Gasteiger partial charge in [0.25, 0.3) is 0 Å². The highest BCUT2D eigenvalue weighted by molar-refractivity contribution is 5.89. The number of nitrogens with one attached hydrogen (secondary N) is 3. The van der Waals surface area contributed by atoms with Gasteiger partial charge in [0, 0.05) is 6.54 Å². The van der Waals surface area contributed by atoms with Crippen LogP contribution in [0.4, 0.5) is 4.79 Å². The number of rotatable bonds is 4. The average molecular weight is 312 g/mol. The summed E-state index contributed by atoms with van der Waals surface area (Å²) in [4.78, 5) is 35.3. The van der Waals surface area contributed by atoms with Gasteiger partial charge in [-0.1, -0.05) is 12.2 Å². The van der Waals surface area contributed by atoms with Gasteiger partial charge in [0.1, 0.15) is 12.6 Å². The fourth-order valence-corrected chi connectivity index (χ4v) is 1.90. The summed E-state index contributed by atoms with van der Waals surface area (Å²) in [6.45, 7) is 0.993. The van der Waals surface area contributed by atoms with Crippen molar-refractivity contribution in [1.29, 1.82) is 0 Å². The van der Waals surface area contributed by atoms with Crippen LogP contribution in [0.2, 0.25) is 0 Å². The SMILES string of the molecule is NCCCCC1NC(=O)OC/C=C/CCNC(=O)CNC1=O. The number of unbranched alkanes of at least 4 members (excludes halogenated alkanes) is 1. The first-order valence-electron chi connectivity index (χ1n) is 7.46. The van der Waals surface area contributed by atoms with E-state index in [9.17, 15) is 14.4 Å². The third-order valence-corrected chi connectivity index (χ3v) is 3.09. The van der Waals surface area contributed by atoms with Gasteiger partial charge in [-0.25, -0.2) is 4.79 Å². The molecule has 1 heterocycles. The van der Waals surface area contributed by atoms with Gasteiger partial charge in [-0.15, -0.1) is 0 Å². The highest BCUT2D eigenvalue weighted by Crippen LogP contribution is 2.01. The van der Waals surface area contributed by atoms with Crippen LogP contribution in [0, 0.1) is 0 Å². The molecule has 1 atom stereocenters. The summed E-state index contributed by atoms with van der Waals surface area (Å²) < 4.78 is 4.96. The molecule has 0 aromatic rings. The van der Waals surface area contributed by atoms with Gasteiger partial charge in [-0.05, 0) is 32.2 Å². The van der Waals surface area contributed by atoms with Crippen LogP contribution in [-0.2, 0) is 14.3 Å². The predicted octanol–water partition coefficient (Wildman–Crippen LogP) is -0.597. The van der Waals surface area contributed by atoms with E-state index >= 15 is 0 Å². The Hall–Kier alpha value is -2.09. The second-order valence-corrected chi connectivity index (χ2v) is 4.91. The Labute approximate surface area is 129 Å². The molecular weight excluding hydrogens is 288 g/mol. The number of cyclic esters (lactones) is 1. The maximum atomic E-state index is 12.1. The van der Waals surface area contributed by atoms with E-state index in [0.29, 0.717) is 32.4 Å². The number of ether oxygens (including phenoxy) is 1. The molecule has 1 aliphatic heterocycles. The molecule has 124 valence electrons. The van der Waals surface area contributed by atoms with Crippen LogP contribution in [0.1, 0.15) is 25.7 Å². The lowest BCUT2D eigenvalue weighted by atomic mass is 10.1. The molecule has 8 heteroatoms. The maximum absolute atomic E-state index is 12.1. The van der Waals surface area contributed by atoms with Gasteiger partial charge in [-0.2, -0.15) is 0 Å². The van der Waals surface area contributed by atoms with Crippen LogP contribution in [0.15, 0.2) is 12.2 Å². The van der Waals surface area contributed by atoms with E-state index < -0.39 is 18.0 Å². The van der Waals surface area contributed by atoms with Gasteiger partial charge in [0.2, 0.25) is 11.8 Å². The normalized spacial score (nSPS) is 22.6. The van der Waals surface area contributed by atoms with E-state index in [-0.39, 0.29) is 19.1 Å². The molecule has 3 amide bonds. The van der Waals surface area contributed by atoms with Crippen LogP contribution < -0.4 is 21.7 Å². The summed E-state index contributed by atoms with van der Waals surface area (Å²) in [5.74, 6) is -0.668. The molecule has 8 nitrogen and oxygen atoms in total. The molecule has 1 aliphatic rings. The minimum atomic E-state index is -0.737. The zero-order valence-corrected chi connectivity index (χ0v) is 12.6. The first-order chi connectivity index (χ1) is 10.6. The Morgan fingerprint density at radius 3 is 2.77 bits per heavy atom. The monoisotopic (exact) mass is 312 g/mol. The fourth-order valence-electron chi connectivity index (χ4n) is 1.90. The lowest BCUT2D eigenvalue weighted by Crippen LogP contribution is -2.49. The third-order valence-electron chi connectivity index (χ3n) is 3.09. The molecule has 0 fully saturated rings. The van der Waals surface area contributed by atoms with Crippen LogP contribution in [-0.4, -0.2) is 50.2 Å². The molecule has 0 saturated heterocycles. The molecule has 5 N–H and O–H groups in total. The number of nitrogens with two attached hydrogens (primary N) is 1. The van der Waals surface area contributed by atoms with Gasteiger partial charge in [-0.3, -0.25) is 9.59 Å². The van der Waals surface area contributed by atoms with Gasteiger partial charge in [0.15, 0.2) is 0 Å². The number of alkyl carbamates (subject to hydrolysis) is 1. The molecule has 0 saturated carbocycles. The molecular formula is C14H24N4O4. The quantitative estimate of drug-likeness (QED) is 0.408. The van der Waals surface area contributed by atoms with Crippen molar-refractivity contribution in [3.63, 3.8) is 0 Å². The smallest absolute Gasteiger partial charge is 0.408 e. The van der Waals surface area contributed by atoms with Crippen LogP contribution in [0.5, 0.6) is 0 Å². The zero-order valence-electron chi connectivity index (χ0n) is 12.6. The highest BCUT2D eigenvalue weighted by atomic mass is 16.5. The van der Waals surface area contributed by atoms with Crippen molar-refractivity contribution in [2.45, 2.75) is 31.7 Å². The molecule has 0 bridgehead atoms. The second kappa shape index (κ2) is 10.6. The molecule has 22 heavy (non-hydrogen) atoms. The standard InChI is InChI=1S/C14H24N4O4/c15-7-3-2-6-11-13(20)17-10-12(19)16-8-4-1-5-9-22-14(21)18-11/h1,5,11H,2-4,6-10,15H2,(H,16,19)(H,17,20)(H,18,21)/b5-1+. The van der Waals surface area contributed by atoms with E-state index in [2.05, 4.69) is 16.0 Å². The maximum Gasteiger partial charge on any atom is 0.408 e.